The normalized spacial score (nSPS) is 18.5. The third kappa shape index (κ3) is 7.35. The molecule has 0 spiro atoms. The number of nitrogens with one attached hydrogen (secondary N) is 2. The number of benzene rings is 2. The van der Waals surface area contributed by atoms with Gasteiger partial charge in [-0.3, -0.25) is 9.59 Å². The lowest BCUT2D eigenvalue weighted by molar-refractivity contribution is -0.136. The molecule has 1 aliphatic rings. The second-order valence-electron chi connectivity index (χ2n) is 11.2. The van der Waals surface area contributed by atoms with E-state index in [2.05, 4.69) is 36.8 Å². The summed E-state index contributed by atoms with van der Waals surface area (Å²) < 4.78 is 0. The number of aromatic nitrogens is 1. The van der Waals surface area contributed by atoms with Gasteiger partial charge in [-0.25, -0.2) is 4.98 Å². The van der Waals surface area contributed by atoms with Gasteiger partial charge in [0.05, 0.1) is 18.2 Å². The van der Waals surface area contributed by atoms with Crippen LogP contribution in [0.25, 0.3) is 11.3 Å². The topological polar surface area (TPSA) is 91.3 Å². The molecule has 0 radical (unpaired) electrons. The summed E-state index contributed by atoms with van der Waals surface area (Å²) in [6, 6.07) is 15.4. The second-order valence-corrected chi connectivity index (χ2v) is 12.5. The predicted octanol–water partition coefficient (Wildman–Crippen LogP) is 7.67. The van der Waals surface area contributed by atoms with Crippen LogP contribution in [-0.4, -0.2) is 28.5 Å². The number of carboxylic acid groups (broad SMARTS) is 1. The quantitative estimate of drug-likeness (QED) is 0.253. The molecule has 0 saturated heterocycles. The van der Waals surface area contributed by atoms with Crippen LogP contribution < -0.4 is 10.6 Å². The standard InChI is InChI=1S/C30H36ClN3O3S/c1-30(2,3)23-12-8-21(9-13-23)27(20-4-6-22(7-5-20)28(37)32-17-16-26(35)36)34-29-33-25(18-38-29)19-10-14-24(31)15-11-19/h4-7,10-11,14-15,18,21,23,27H,8-9,12-13,16-17H2,1-3H3,(H,32,37)(H,33,34)(H,35,36). The molecular formula is C30H36ClN3O3S. The van der Waals surface area contributed by atoms with Gasteiger partial charge in [0.1, 0.15) is 0 Å². The number of nitrogens with zero attached hydrogens (tertiary/aromatic N) is 1. The summed E-state index contributed by atoms with van der Waals surface area (Å²) in [7, 11) is 0. The summed E-state index contributed by atoms with van der Waals surface area (Å²) >= 11 is 7.65. The number of carboxylic acids is 1. The maximum atomic E-state index is 12.5. The number of hydrogen-bond donors (Lipinski definition) is 3. The molecule has 4 rings (SSSR count). The van der Waals surface area contributed by atoms with Crippen molar-refractivity contribution < 1.29 is 14.7 Å². The van der Waals surface area contributed by atoms with Gasteiger partial charge in [-0.2, -0.15) is 0 Å². The fraction of sp³-hybridized carbons (Fsp3) is 0.433. The van der Waals surface area contributed by atoms with Crippen molar-refractivity contribution in [2.45, 2.75) is 58.9 Å². The molecule has 0 bridgehead atoms. The fourth-order valence-electron chi connectivity index (χ4n) is 5.25. The highest BCUT2D eigenvalue weighted by atomic mass is 35.5. The molecule has 1 amide bonds. The van der Waals surface area contributed by atoms with Crippen molar-refractivity contribution in [1.29, 1.82) is 0 Å². The van der Waals surface area contributed by atoms with E-state index in [1.54, 1.807) is 11.3 Å². The van der Waals surface area contributed by atoms with Crippen LogP contribution in [0.2, 0.25) is 5.02 Å². The number of hydrogen-bond acceptors (Lipinski definition) is 5. The molecule has 6 nitrogen and oxygen atoms in total. The van der Waals surface area contributed by atoms with Crippen molar-refractivity contribution in [2.75, 3.05) is 11.9 Å². The first-order chi connectivity index (χ1) is 18.1. The second kappa shape index (κ2) is 12.3. The number of rotatable bonds is 9. The summed E-state index contributed by atoms with van der Waals surface area (Å²) in [5.41, 5.74) is 3.90. The monoisotopic (exact) mass is 553 g/mol. The van der Waals surface area contributed by atoms with Crippen LogP contribution >= 0.6 is 22.9 Å². The van der Waals surface area contributed by atoms with E-state index in [9.17, 15) is 9.59 Å². The molecule has 3 aromatic rings. The maximum Gasteiger partial charge on any atom is 0.305 e. The summed E-state index contributed by atoms with van der Waals surface area (Å²) in [6.07, 6.45) is 4.56. The van der Waals surface area contributed by atoms with Gasteiger partial charge >= 0.3 is 5.97 Å². The highest BCUT2D eigenvalue weighted by molar-refractivity contribution is 7.14. The van der Waals surface area contributed by atoms with Crippen LogP contribution in [0, 0.1) is 17.3 Å². The molecule has 1 aromatic heterocycles. The number of carbonyl (C=O) groups excluding carboxylic acids is 1. The zero-order valence-electron chi connectivity index (χ0n) is 22.2. The number of thiazole rings is 1. The number of aliphatic carboxylic acids is 1. The van der Waals surface area contributed by atoms with Crippen molar-refractivity contribution in [3.8, 4) is 11.3 Å². The lowest BCUT2D eigenvalue weighted by atomic mass is 9.68. The van der Waals surface area contributed by atoms with Crippen LogP contribution in [0.3, 0.4) is 0 Å². The number of anilines is 1. The van der Waals surface area contributed by atoms with Crippen molar-refractivity contribution >= 4 is 39.9 Å². The number of halogens is 1. The Labute approximate surface area is 233 Å². The van der Waals surface area contributed by atoms with Gasteiger partial charge in [0.2, 0.25) is 0 Å². The van der Waals surface area contributed by atoms with Crippen LogP contribution in [-0.2, 0) is 4.79 Å². The first-order valence-electron chi connectivity index (χ1n) is 13.2. The van der Waals surface area contributed by atoms with E-state index in [4.69, 9.17) is 21.7 Å². The lowest BCUT2D eigenvalue weighted by Gasteiger charge is -2.39. The Balaban J connectivity index is 1.52. The minimum absolute atomic E-state index is 0.0734. The minimum Gasteiger partial charge on any atom is -0.481 e. The van der Waals surface area contributed by atoms with E-state index in [-0.39, 0.29) is 24.9 Å². The predicted molar refractivity (Wildman–Crippen MR) is 155 cm³/mol. The third-order valence-electron chi connectivity index (χ3n) is 7.55. The molecule has 3 N–H and O–H groups in total. The summed E-state index contributed by atoms with van der Waals surface area (Å²) in [4.78, 5) is 28.1. The smallest absolute Gasteiger partial charge is 0.305 e. The summed E-state index contributed by atoms with van der Waals surface area (Å²) in [5, 5.41) is 18.8. The third-order valence-corrected chi connectivity index (χ3v) is 8.57. The molecule has 1 saturated carbocycles. The Morgan fingerprint density at radius 2 is 1.71 bits per heavy atom. The highest BCUT2D eigenvalue weighted by Gasteiger charge is 2.34. The van der Waals surface area contributed by atoms with Crippen LogP contribution in [0.15, 0.2) is 53.9 Å². The average molecular weight is 554 g/mol. The van der Waals surface area contributed by atoms with Gasteiger partial charge in [-0.05, 0) is 72.8 Å². The molecule has 1 heterocycles. The van der Waals surface area contributed by atoms with E-state index in [0.29, 0.717) is 27.8 Å². The van der Waals surface area contributed by atoms with Gasteiger partial charge in [0.25, 0.3) is 5.91 Å². The SMILES string of the molecule is CC(C)(C)C1CCC(C(Nc2nc(-c3ccc(Cl)cc3)cs2)c2ccc(C(=O)NCCC(=O)O)cc2)CC1. The van der Waals surface area contributed by atoms with Crippen molar-refractivity contribution in [2.24, 2.45) is 17.3 Å². The fourth-order valence-corrected chi connectivity index (χ4v) is 6.13. The first-order valence-corrected chi connectivity index (χ1v) is 14.4. The van der Waals surface area contributed by atoms with Gasteiger partial charge in [-0.15, -0.1) is 11.3 Å². The molecule has 38 heavy (non-hydrogen) atoms. The molecule has 1 aliphatic carbocycles. The molecular weight excluding hydrogens is 518 g/mol. The van der Waals surface area contributed by atoms with E-state index >= 15 is 0 Å². The van der Waals surface area contributed by atoms with Gasteiger partial charge in [0, 0.05) is 28.1 Å². The van der Waals surface area contributed by atoms with Gasteiger partial charge in [-0.1, -0.05) is 56.6 Å². The Hall–Kier alpha value is -2.90. The molecule has 1 fully saturated rings. The average Bonchev–Trinajstić information content (AvgIpc) is 3.36. The van der Waals surface area contributed by atoms with E-state index in [1.807, 2.05) is 48.5 Å². The van der Waals surface area contributed by atoms with Crippen LogP contribution in [0.1, 0.15) is 74.8 Å². The minimum atomic E-state index is -0.933. The van der Waals surface area contributed by atoms with Crippen molar-refractivity contribution in [3.05, 3.63) is 70.1 Å². The summed E-state index contributed by atoms with van der Waals surface area (Å²) in [5.74, 6) is -0.0305. The molecule has 8 heteroatoms. The maximum absolute atomic E-state index is 12.5. The van der Waals surface area contributed by atoms with Crippen molar-refractivity contribution in [1.82, 2.24) is 10.3 Å². The van der Waals surface area contributed by atoms with Crippen LogP contribution in [0.4, 0.5) is 5.13 Å². The van der Waals surface area contributed by atoms with Gasteiger partial charge < -0.3 is 15.7 Å². The zero-order chi connectivity index (χ0) is 27.3. The molecule has 202 valence electrons. The number of carbonyl (C=O) groups is 2. The molecule has 1 unspecified atom stereocenters. The van der Waals surface area contributed by atoms with Gasteiger partial charge in [0.15, 0.2) is 5.13 Å². The Morgan fingerprint density at radius 1 is 1.05 bits per heavy atom. The summed E-state index contributed by atoms with van der Waals surface area (Å²) in [6.45, 7) is 7.11. The Morgan fingerprint density at radius 3 is 2.32 bits per heavy atom. The zero-order valence-corrected chi connectivity index (χ0v) is 23.7. The largest absolute Gasteiger partial charge is 0.481 e. The van der Waals surface area contributed by atoms with Crippen molar-refractivity contribution in [3.63, 3.8) is 0 Å². The van der Waals surface area contributed by atoms with E-state index in [0.717, 1.165) is 34.8 Å². The highest BCUT2D eigenvalue weighted by Crippen LogP contribution is 2.44. The first kappa shape index (κ1) is 28.1. The molecule has 2 aromatic carbocycles. The molecule has 0 aliphatic heterocycles. The van der Waals surface area contributed by atoms with Crippen LogP contribution in [0.5, 0.6) is 0 Å². The lowest BCUT2D eigenvalue weighted by Crippen LogP contribution is -2.30. The Kier molecular flexibility index (Phi) is 9.11. The Bertz CT molecular complexity index is 1230. The molecule has 1 atom stereocenters. The van der Waals surface area contributed by atoms with E-state index in [1.165, 1.54) is 12.8 Å². The van der Waals surface area contributed by atoms with E-state index < -0.39 is 5.97 Å². The number of amides is 1.